The predicted octanol–water partition coefficient (Wildman–Crippen LogP) is 6.94. The number of nitrogens with one attached hydrogen (secondary N) is 1. The van der Waals surface area contributed by atoms with E-state index < -0.39 is 28.8 Å². The molecule has 3 aromatic rings. The Morgan fingerprint density at radius 1 is 1.00 bits per heavy atom. The van der Waals surface area contributed by atoms with Gasteiger partial charge in [-0.05, 0) is 60.6 Å². The van der Waals surface area contributed by atoms with E-state index in [0.717, 1.165) is 42.5 Å². The van der Waals surface area contributed by atoms with Gasteiger partial charge in [0.1, 0.15) is 5.60 Å². The van der Waals surface area contributed by atoms with E-state index in [-0.39, 0.29) is 23.8 Å². The van der Waals surface area contributed by atoms with Crippen molar-refractivity contribution in [1.82, 2.24) is 0 Å². The highest BCUT2D eigenvalue weighted by Gasteiger charge is 2.44. The summed E-state index contributed by atoms with van der Waals surface area (Å²) in [6, 6.07) is 18.9. The molecule has 0 radical (unpaired) electrons. The molecule has 1 aliphatic carbocycles. The molecule has 0 aliphatic heterocycles. The summed E-state index contributed by atoms with van der Waals surface area (Å²) in [5, 5.41) is 23.5. The van der Waals surface area contributed by atoms with Crippen molar-refractivity contribution < 1.29 is 27.9 Å². The molecule has 2 N–H and O–H groups in total. The van der Waals surface area contributed by atoms with Gasteiger partial charge in [0.15, 0.2) is 5.78 Å². The highest BCUT2D eigenvalue weighted by Crippen LogP contribution is 2.38. The second-order valence-electron chi connectivity index (χ2n) is 10.1. The maximum Gasteiger partial charge on any atom is 0.417 e. The summed E-state index contributed by atoms with van der Waals surface area (Å²) in [7, 11) is 0. The maximum absolute atomic E-state index is 13.6. The molecule has 0 spiro atoms. The minimum Gasteiger partial charge on any atom is -0.379 e. The van der Waals surface area contributed by atoms with Crippen molar-refractivity contribution >= 4 is 17.4 Å². The van der Waals surface area contributed by atoms with Crippen molar-refractivity contribution in [2.45, 2.75) is 57.2 Å². The van der Waals surface area contributed by atoms with Crippen LogP contribution in [0.5, 0.6) is 0 Å². The molecule has 1 unspecified atom stereocenters. The molecule has 0 bridgehead atoms. The van der Waals surface area contributed by atoms with Crippen LogP contribution in [0, 0.1) is 17.2 Å². The standard InChI is InChI=1S/C31H29F3N2O3/c1-20(37)26-12-5-6-13-27(26)22-9-7-8-21(16-22)18-30(39,24-10-3-2-4-11-24)29(38)36-25-15-14-23(19-35)28(17-25)31(32,33)34/h5-9,12-17,24,39H,2-4,10-11,18H2,1H3,(H,36,38). The van der Waals surface area contributed by atoms with Crippen LogP contribution in [0.2, 0.25) is 0 Å². The van der Waals surface area contributed by atoms with Crippen LogP contribution in [0.25, 0.3) is 11.1 Å². The number of benzene rings is 3. The third-order valence-electron chi connectivity index (χ3n) is 7.40. The zero-order valence-electron chi connectivity index (χ0n) is 21.5. The quantitative estimate of drug-likeness (QED) is 0.321. The molecule has 1 aliphatic rings. The normalized spacial score (nSPS) is 15.7. The van der Waals surface area contributed by atoms with Gasteiger partial charge in [-0.2, -0.15) is 18.4 Å². The Balaban J connectivity index is 1.68. The van der Waals surface area contributed by atoms with E-state index in [2.05, 4.69) is 5.32 Å². The van der Waals surface area contributed by atoms with Gasteiger partial charge in [-0.3, -0.25) is 9.59 Å². The molecule has 1 amide bonds. The first-order chi connectivity index (χ1) is 18.5. The third-order valence-corrected chi connectivity index (χ3v) is 7.40. The van der Waals surface area contributed by atoms with Gasteiger partial charge in [0.25, 0.3) is 5.91 Å². The highest BCUT2D eigenvalue weighted by atomic mass is 19.4. The van der Waals surface area contributed by atoms with E-state index in [1.807, 2.05) is 24.3 Å². The van der Waals surface area contributed by atoms with E-state index in [1.54, 1.807) is 24.3 Å². The lowest BCUT2D eigenvalue weighted by molar-refractivity contribution is -0.142. The van der Waals surface area contributed by atoms with Gasteiger partial charge in [0, 0.05) is 17.7 Å². The SMILES string of the molecule is CC(=O)c1ccccc1-c1cccc(CC(O)(C(=O)Nc2ccc(C#N)c(C(F)(F)F)c2)C2CCCCC2)c1. The predicted molar refractivity (Wildman–Crippen MR) is 142 cm³/mol. The first kappa shape index (κ1) is 28.1. The highest BCUT2D eigenvalue weighted by molar-refractivity contribution is 6.01. The minimum atomic E-state index is -4.78. The average Bonchev–Trinajstić information content (AvgIpc) is 2.93. The molecule has 4 rings (SSSR count). The number of Topliss-reactive ketones (excluding diaryl/α,β-unsaturated/α-hetero) is 1. The van der Waals surface area contributed by atoms with Crippen molar-refractivity contribution in [2.75, 3.05) is 5.32 Å². The molecule has 1 fully saturated rings. The first-order valence-electron chi connectivity index (χ1n) is 12.9. The Labute approximate surface area is 225 Å². The Morgan fingerprint density at radius 2 is 1.72 bits per heavy atom. The van der Waals surface area contributed by atoms with Crippen LogP contribution >= 0.6 is 0 Å². The topological polar surface area (TPSA) is 90.2 Å². The van der Waals surface area contributed by atoms with Crippen LogP contribution in [0.1, 0.15) is 66.1 Å². The molecule has 8 heteroatoms. The summed E-state index contributed by atoms with van der Waals surface area (Å²) < 4.78 is 40.5. The number of hydrogen-bond donors (Lipinski definition) is 2. The fourth-order valence-electron chi connectivity index (χ4n) is 5.39. The fraction of sp³-hybridized carbons (Fsp3) is 0.323. The minimum absolute atomic E-state index is 0.0536. The monoisotopic (exact) mass is 534 g/mol. The lowest BCUT2D eigenvalue weighted by Crippen LogP contribution is -2.51. The Bertz CT molecular complexity index is 1420. The number of anilines is 1. The Hall–Kier alpha value is -3.96. The van der Waals surface area contributed by atoms with Crippen LogP contribution in [-0.4, -0.2) is 22.4 Å². The van der Waals surface area contributed by atoms with Gasteiger partial charge in [-0.1, -0.05) is 67.8 Å². The summed E-state index contributed by atoms with van der Waals surface area (Å²) in [5.74, 6) is -1.27. The van der Waals surface area contributed by atoms with E-state index in [4.69, 9.17) is 5.26 Å². The summed E-state index contributed by atoms with van der Waals surface area (Å²) in [6.45, 7) is 1.49. The molecule has 1 saturated carbocycles. The van der Waals surface area contributed by atoms with E-state index in [0.29, 0.717) is 24.0 Å². The number of ketones is 1. The van der Waals surface area contributed by atoms with E-state index in [9.17, 15) is 27.9 Å². The van der Waals surface area contributed by atoms with Gasteiger partial charge >= 0.3 is 6.18 Å². The van der Waals surface area contributed by atoms with Crippen LogP contribution < -0.4 is 5.32 Å². The fourth-order valence-corrected chi connectivity index (χ4v) is 5.39. The second kappa shape index (κ2) is 11.4. The Morgan fingerprint density at radius 3 is 2.38 bits per heavy atom. The molecule has 0 aromatic heterocycles. The van der Waals surface area contributed by atoms with Crippen molar-refractivity contribution in [3.8, 4) is 17.2 Å². The van der Waals surface area contributed by atoms with Gasteiger partial charge < -0.3 is 10.4 Å². The number of carbonyl (C=O) groups excluding carboxylic acids is 2. The van der Waals surface area contributed by atoms with Gasteiger partial charge in [-0.15, -0.1) is 0 Å². The molecule has 0 heterocycles. The number of amides is 1. The number of rotatable bonds is 7. The molecule has 202 valence electrons. The first-order valence-corrected chi connectivity index (χ1v) is 12.9. The number of alkyl halides is 3. The summed E-state index contributed by atoms with van der Waals surface area (Å²) in [5.41, 5.74) is -1.04. The van der Waals surface area contributed by atoms with Crippen LogP contribution in [0.4, 0.5) is 18.9 Å². The van der Waals surface area contributed by atoms with Crippen LogP contribution in [-0.2, 0) is 17.4 Å². The summed E-state index contributed by atoms with van der Waals surface area (Å²) in [6.07, 6.45) is -0.960. The van der Waals surface area contributed by atoms with Crippen molar-refractivity contribution in [3.63, 3.8) is 0 Å². The molecule has 3 aromatic carbocycles. The molecule has 0 saturated heterocycles. The molecule has 39 heavy (non-hydrogen) atoms. The van der Waals surface area contributed by atoms with Gasteiger partial charge in [0.05, 0.1) is 17.2 Å². The summed E-state index contributed by atoms with van der Waals surface area (Å²) >= 11 is 0. The number of carbonyl (C=O) groups is 2. The van der Waals surface area contributed by atoms with Crippen molar-refractivity contribution in [2.24, 2.45) is 5.92 Å². The summed E-state index contributed by atoms with van der Waals surface area (Å²) in [4.78, 5) is 25.8. The molecule has 1 atom stereocenters. The van der Waals surface area contributed by atoms with E-state index >= 15 is 0 Å². The molecular weight excluding hydrogens is 505 g/mol. The largest absolute Gasteiger partial charge is 0.417 e. The average molecular weight is 535 g/mol. The van der Waals surface area contributed by atoms with Crippen LogP contribution in [0.3, 0.4) is 0 Å². The number of nitrogens with zero attached hydrogens (tertiary/aromatic N) is 1. The smallest absolute Gasteiger partial charge is 0.379 e. The lowest BCUT2D eigenvalue weighted by atomic mass is 9.73. The Kier molecular flexibility index (Phi) is 8.22. The zero-order chi connectivity index (χ0) is 28.2. The molecule has 5 nitrogen and oxygen atoms in total. The van der Waals surface area contributed by atoms with Crippen molar-refractivity contribution in [1.29, 1.82) is 5.26 Å². The number of aliphatic hydroxyl groups is 1. The number of nitriles is 1. The number of halogens is 3. The van der Waals surface area contributed by atoms with Crippen LogP contribution in [0.15, 0.2) is 66.7 Å². The second-order valence-corrected chi connectivity index (χ2v) is 10.1. The van der Waals surface area contributed by atoms with E-state index in [1.165, 1.54) is 19.1 Å². The van der Waals surface area contributed by atoms with Crippen molar-refractivity contribution in [3.05, 3.63) is 89.0 Å². The van der Waals surface area contributed by atoms with Gasteiger partial charge in [0.2, 0.25) is 0 Å². The molecular formula is C31H29F3N2O3. The lowest BCUT2D eigenvalue weighted by Gasteiger charge is -2.37. The number of hydrogen-bond acceptors (Lipinski definition) is 4. The third kappa shape index (κ3) is 6.21. The maximum atomic E-state index is 13.6. The zero-order valence-corrected chi connectivity index (χ0v) is 21.5. The van der Waals surface area contributed by atoms with Gasteiger partial charge in [-0.25, -0.2) is 0 Å².